The molecule has 1 atom stereocenters. The third-order valence-electron chi connectivity index (χ3n) is 4.56. The summed E-state index contributed by atoms with van der Waals surface area (Å²) >= 11 is 0. The molecule has 0 bridgehead atoms. The summed E-state index contributed by atoms with van der Waals surface area (Å²) in [5, 5.41) is 10.2. The highest BCUT2D eigenvalue weighted by atomic mass is 32.2. The highest BCUT2D eigenvalue weighted by Crippen LogP contribution is 2.24. The lowest BCUT2D eigenvalue weighted by atomic mass is 10.0. The number of fused-ring (bicyclic) bond motifs is 1. The minimum absolute atomic E-state index is 0.0925. The largest absolute Gasteiger partial charge is 0.481 e. The molecule has 0 aliphatic heterocycles. The number of carboxylic acid groups (broad SMARTS) is 1. The number of aliphatic carboxylic acids is 1. The maximum absolute atomic E-state index is 12.9. The van der Waals surface area contributed by atoms with Gasteiger partial charge < -0.3 is 5.11 Å². The molecule has 0 saturated heterocycles. The minimum atomic E-state index is -3.77. The van der Waals surface area contributed by atoms with Gasteiger partial charge in [-0.3, -0.25) is 9.78 Å². The average Bonchev–Trinajstić information content (AvgIpc) is 2.67. The van der Waals surface area contributed by atoms with Crippen LogP contribution in [0.25, 0.3) is 10.9 Å². The van der Waals surface area contributed by atoms with Crippen LogP contribution in [0.15, 0.2) is 71.8 Å². The number of hydrogen-bond donors (Lipinski definition) is 1. The van der Waals surface area contributed by atoms with Crippen LogP contribution >= 0.6 is 0 Å². The third kappa shape index (κ3) is 4.71. The lowest BCUT2D eigenvalue weighted by molar-refractivity contribution is -0.141. The molecule has 1 N–H and O–H groups in total. The molecule has 1 unspecified atom stereocenters. The number of pyridine rings is 1. The van der Waals surface area contributed by atoms with E-state index >= 15 is 0 Å². The smallest absolute Gasteiger partial charge is 0.307 e. The Morgan fingerprint density at radius 1 is 1.00 bits per heavy atom. The van der Waals surface area contributed by atoms with Crippen LogP contribution in [0.3, 0.4) is 0 Å². The Morgan fingerprint density at radius 3 is 2.48 bits per heavy atom. The van der Waals surface area contributed by atoms with Crippen molar-refractivity contribution in [3.8, 4) is 0 Å². The van der Waals surface area contributed by atoms with Crippen LogP contribution < -0.4 is 0 Å². The second kappa shape index (κ2) is 8.31. The summed E-state index contributed by atoms with van der Waals surface area (Å²) in [5.74, 6) is -2.45. The SMILES string of the molecule is O=C(O)C(CCCc1ccccc1)CS(=O)(=O)c1cccc2cccnc12. The van der Waals surface area contributed by atoms with Gasteiger partial charge in [0.25, 0.3) is 0 Å². The van der Waals surface area contributed by atoms with Crippen molar-refractivity contribution in [3.05, 3.63) is 72.4 Å². The predicted molar refractivity (Wildman–Crippen MR) is 104 cm³/mol. The number of benzene rings is 2. The van der Waals surface area contributed by atoms with Crippen LogP contribution in [-0.4, -0.2) is 30.2 Å². The zero-order chi connectivity index (χ0) is 19.3. The van der Waals surface area contributed by atoms with Gasteiger partial charge in [-0.25, -0.2) is 8.42 Å². The molecule has 5 nitrogen and oxygen atoms in total. The molecule has 0 saturated carbocycles. The van der Waals surface area contributed by atoms with Crippen molar-refractivity contribution in [3.63, 3.8) is 0 Å². The molecule has 1 aromatic heterocycles. The fraction of sp³-hybridized carbons (Fsp3) is 0.238. The molecular weight excluding hydrogens is 362 g/mol. The monoisotopic (exact) mass is 383 g/mol. The Labute approximate surface area is 158 Å². The number of aryl methyl sites for hydroxylation is 1. The Bertz CT molecular complexity index is 1030. The molecule has 2 aromatic carbocycles. The first-order chi connectivity index (χ1) is 13.0. The Kier molecular flexibility index (Phi) is 5.86. The van der Waals surface area contributed by atoms with Gasteiger partial charge in [0.2, 0.25) is 0 Å². The van der Waals surface area contributed by atoms with Crippen molar-refractivity contribution in [2.45, 2.75) is 24.2 Å². The molecule has 0 fully saturated rings. The molecule has 1 heterocycles. The fourth-order valence-electron chi connectivity index (χ4n) is 3.16. The van der Waals surface area contributed by atoms with Crippen molar-refractivity contribution in [2.24, 2.45) is 5.92 Å². The van der Waals surface area contributed by atoms with Crippen LogP contribution in [0.4, 0.5) is 0 Å². The Balaban J connectivity index is 1.75. The summed E-state index contributed by atoms with van der Waals surface area (Å²) in [5.41, 5.74) is 1.50. The molecule has 0 amide bonds. The van der Waals surface area contributed by atoms with Crippen LogP contribution in [0.2, 0.25) is 0 Å². The van der Waals surface area contributed by atoms with Crippen molar-refractivity contribution < 1.29 is 18.3 Å². The van der Waals surface area contributed by atoms with E-state index in [1.807, 2.05) is 30.3 Å². The topological polar surface area (TPSA) is 84.3 Å². The lowest BCUT2D eigenvalue weighted by Crippen LogP contribution is -2.24. The molecule has 6 heteroatoms. The number of para-hydroxylation sites is 1. The number of nitrogens with zero attached hydrogens (tertiary/aromatic N) is 1. The van der Waals surface area contributed by atoms with Crippen molar-refractivity contribution >= 4 is 26.7 Å². The van der Waals surface area contributed by atoms with Crippen molar-refractivity contribution in [1.82, 2.24) is 4.98 Å². The summed E-state index contributed by atoms with van der Waals surface area (Å²) in [7, 11) is -3.77. The average molecular weight is 383 g/mol. The Morgan fingerprint density at radius 2 is 1.74 bits per heavy atom. The van der Waals surface area contributed by atoms with E-state index in [1.54, 1.807) is 24.3 Å². The molecule has 140 valence electrons. The fourth-order valence-corrected chi connectivity index (χ4v) is 4.93. The summed E-state index contributed by atoms with van der Waals surface area (Å²) in [6.45, 7) is 0. The van der Waals surface area contributed by atoms with Gasteiger partial charge in [-0.05, 0) is 37.0 Å². The molecule has 0 aliphatic carbocycles. The lowest BCUT2D eigenvalue weighted by Gasteiger charge is -2.14. The van der Waals surface area contributed by atoms with Crippen molar-refractivity contribution in [1.29, 1.82) is 0 Å². The molecule has 0 spiro atoms. The van der Waals surface area contributed by atoms with E-state index in [0.29, 0.717) is 18.4 Å². The van der Waals surface area contributed by atoms with Crippen LogP contribution in [-0.2, 0) is 21.1 Å². The quantitative estimate of drug-likeness (QED) is 0.641. The van der Waals surface area contributed by atoms with E-state index < -0.39 is 27.5 Å². The molecule has 27 heavy (non-hydrogen) atoms. The normalized spacial score (nSPS) is 12.7. The summed E-state index contributed by atoms with van der Waals surface area (Å²) < 4.78 is 25.8. The number of sulfone groups is 1. The van der Waals surface area contributed by atoms with E-state index in [-0.39, 0.29) is 4.90 Å². The molecule has 3 aromatic rings. The van der Waals surface area contributed by atoms with E-state index in [1.165, 1.54) is 12.3 Å². The van der Waals surface area contributed by atoms with E-state index in [9.17, 15) is 18.3 Å². The summed E-state index contributed by atoms with van der Waals surface area (Å²) in [6, 6.07) is 18.2. The first-order valence-electron chi connectivity index (χ1n) is 8.80. The third-order valence-corrected chi connectivity index (χ3v) is 6.40. The highest BCUT2D eigenvalue weighted by Gasteiger charge is 2.27. The number of rotatable bonds is 8. The van der Waals surface area contributed by atoms with Crippen LogP contribution in [0, 0.1) is 5.92 Å². The zero-order valence-electron chi connectivity index (χ0n) is 14.8. The maximum atomic E-state index is 12.9. The van der Waals surface area contributed by atoms with Gasteiger partial charge in [-0.1, -0.05) is 48.5 Å². The summed E-state index contributed by atoms with van der Waals surface area (Å²) in [4.78, 5) is 15.9. The number of aromatic nitrogens is 1. The molecule has 0 radical (unpaired) electrons. The van der Waals surface area contributed by atoms with E-state index in [0.717, 1.165) is 17.4 Å². The number of carbonyl (C=O) groups is 1. The highest BCUT2D eigenvalue weighted by molar-refractivity contribution is 7.91. The molecule has 0 aliphatic rings. The van der Waals surface area contributed by atoms with Gasteiger partial charge in [0, 0.05) is 11.6 Å². The Hall–Kier alpha value is -2.73. The van der Waals surface area contributed by atoms with Gasteiger partial charge in [0.05, 0.1) is 22.1 Å². The van der Waals surface area contributed by atoms with Gasteiger partial charge >= 0.3 is 5.97 Å². The van der Waals surface area contributed by atoms with Crippen LogP contribution in [0.1, 0.15) is 18.4 Å². The number of carboxylic acids is 1. The van der Waals surface area contributed by atoms with Gasteiger partial charge in [-0.15, -0.1) is 0 Å². The van der Waals surface area contributed by atoms with Gasteiger partial charge in [0.1, 0.15) is 0 Å². The molecular formula is C21H21NO4S. The second-order valence-corrected chi connectivity index (χ2v) is 8.53. The summed E-state index contributed by atoms with van der Waals surface area (Å²) in [6.07, 6.45) is 3.18. The maximum Gasteiger partial charge on any atom is 0.307 e. The van der Waals surface area contributed by atoms with Crippen LogP contribution in [0.5, 0.6) is 0 Å². The number of hydrogen-bond acceptors (Lipinski definition) is 4. The second-order valence-electron chi connectivity index (χ2n) is 6.53. The van der Waals surface area contributed by atoms with Crippen molar-refractivity contribution in [2.75, 3.05) is 5.75 Å². The first-order valence-corrected chi connectivity index (χ1v) is 10.5. The van der Waals surface area contributed by atoms with E-state index in [2.05, 4.69) is 4.98 Å². The van der Waals surface area contributed by atoms with Gasteiger partial charge in [-0.2, -0.15) is 0 Å². The minimum Gasteiger partial charge on any atom is -0.481 e. The first kappa shape index (κ1) is 19.0. The standard InChI is InChI=1S/C21H21NO4S/c23-21(24)18(11-4-9-16-7-2-1-3-8-16)15-27(25,26)19-13-5-10-17-12-6-14-22-20(17)19/h1-3,5-8,10,12-14,18H,4,9,11,15H2,(H,23,24). The zero-order valence-corrected chi connectivity index (χ0v) is 15.6. The predicted octanol–water partition coefficient (Wildman–Crippen LogP) is 3.73. The van der Waals surface area contributed by atoms with E-state index in [4.69, 9.17) is 0 Å². The molecule has 3 rings (SSSR count). The van der Waals surface area contributed by atoms with Gasteiger partial charge in [0.15, 0.2) is 9.84 Å².